The van der Waals surface area contributed by atoms with Gasteiger partial charge in [0.25, 0.3) is 0 Å². The van der Waals surface area contributed by atoms with Crippen molar-refractivity contribution in [3.05, 3.63) is 48.5 Å². The fraction of sp³-hybridized carbons (Fsp3) is 0.0714. The number of thiazole rings is 1. The van der Waals surface area contributed by atoms with E-state index in [1.165, 1.54) is 4.70 Å². The highest BCUT2D eigenvalue weighted by Gasteiger charge is 2.07. The van der Waals surface area contributed by atoms with Crippen LogP contribution < -0.4 is 4.74 Å². The zero-order valence-corrected chi connectivity index (χ0v) is 12.6. The number of nitrogens with zero attached hydrogens (tertiary/aromatic N) is 1. The Hall–Kier alpha value is -1.17. The lowest BCUT2D eigenvalue weighted by atomic mass is 10.3. The average molecular weight is 305 g/mol. The Labute approximate surface area is 123 Å². The van der Waals surface area contributed by atoms with Crippen molar-refractivity contribution in [2.75, 3.05) is 7.11 Å². The van der Waals surface area contributed by atoms with Gasteiger partial charge in [0.15, 0.2) is 4.34 Å². The number of para-hydroxylation sites is 2. The van der Waals surface area contributed by atoms with Crippen molar-refractivity contribution < 1.29 is 4.74 Å². The van der Waals surface area contributed by atoms with Crippen LogP contribution in [0.25, 0.3) is 10.2 Å². The number of hydrogen-bond donors (Lipinski definition) is 0. The highest BCUT2D eigenvalue weighted by molar-refractivity contribution is 8.77. The third-order valence-electron chi connectivity index (χ3n) is 2.55. The van der Waals surface area contributed by atoms with E-state index in [0.717, 1.165) is 20.5 Å². The highest BCUT2D eigenvalue weighted by Crippen LogP contribution is 2.43. The predicted octanol–water partition coefficient (Wildman–Crippen LogP) is 5.10. The Morgan fingerprint density at radius 3 is 2.63 bits per heavy atom. The average Bonchev–Trinajstić information content (AvgIpc) is 2.88. The van der Waals surface area contributed by atoms with E-state index in [1.807, 2.05) is 36.4 Å². The molecule has 0 saturated carbocycles. The molecule has 2 nitrogen and oxygen atoms in total. The molecule has 0 spiro atoms. The largest absolute Gasteiger partial charge is 0.496 e. The molecular weight excluding hydrogens is 294 g/mol. The Balaban J connectivity index is 1.78. The van der Waals surface area contributed by atoms with Crippen molar-refractivity contribution in [3.8, 4) is 5.75 Å². The zero-order valence-electron chi connectivity index (χ0n) is 10.2. The first-order chi connectivity index (χ1) is 9.36. The standard InChI is InChI=1S/C14H11NOS3/c1-16-11-7-3-5-9-13(11)18-19-14-15-10-6-2-4-8-12(10)17-14/h2-9H,1H3. The van der Waals surface area contributed by atoms with Gasteiger partial charge in [-0.3, -0.25) is 0 Å². The van der Waals surface area contributed by atoms with Crippen molar-refractivity contribution in [1.29, 1.82) is 0 Å². The van der Waals surface area contributed by atoms with Crippen LogP contribution in [0, 0.1) is 0 Å². The number of ether oxygens (including phenoxy) is 1. The minimum absolute atomic E-state index is 0.904. The predicted molar refractivity (Wildman–Crippen MR) is 84.3 cm³/mol. The molecule has 19 heavy (non-hydrogen) atoms. The first kappa shape index (κ1) is 12.8. The summed E-state index contributed by atoms with van der Waals surface area (Å²) >= 11 is 1.72. The van der Waals surface area contributed by atoms with Crippen LogP contribution in [0.5, 0.6) is 5.75 Å². The number of fused-ring (bicyclic) bond motifs is 1. The van der Waals surface area contributed by atoms with Crippen molar-refractivity contribution >= 4 is 43.1 Å². The van der Waals surface area contributed by atoms with Crippen molar-refractivity contribution in [1.82, 2.24) is 4.98 Å². The van der Waals surface area contributed by atoms with Crippen molar-refractivity contribution in [2.45, 2.75) is 9.24 Å². The number of rotatable bonds is 4. The summed E-state index contributed by atoms with van der Waals surface area (Å²) in [7, 11) is 5.05. The Morgan fingerprint density at radius 1 is 1.00 bits per heavy atom. The van der Waals surface area contributed by atoms with Gasteiger partial charge in [-0.1, -0.05) is 24.3 Å². The van der Waals surface area contributed by atoms with Gasteiger partial charge in [0.2, 0.25) is 0 Å². The van der Waals surface area contributed by atoms with Crippen molar-refractivity contribution in [3.63, 3.8) is 0 Å². The molecule has 0 fully saturated rings. The molecule has 5 heteroatoms. The maximum absolute atomic E-state index is 5.34. The van der Waals surface area contributed by atoms with E-state index in [-0.39, 0.29) is 0 Å². The van der Waals surface area contributed by atoms with E-state index >= 15 is 0 Å². The van der Waals surface area contributed by atoms with E-state index < -0.39 is 0 Å². The van der Waals surface area contributed by atoms with Gasteiger partial charge < -0.3 is 4.74 Å². The van der Waals surface area contributed by atoms with E-state index in [2.05, 4.69) is 17.1 Å². The molecular formula is C14H11NOS3. The van der Waals surface area contributed by atoms with Gasteiger partial charge in [-0.25, -0.2) is 4.98 Å². The maximum Gasteiger partial charge on any atom is 0.162 e. The highest BCUT2D eigenvalue weighted by atomic mass is 33.1. The molecule has 3 aromatic rings. The normalized spacial score (nSPS) is 10.8. The first-order valence-corrected chi connectivity index (χ1v) is 8.66. The second-order valence-electron chi connectivity index (χ2n) is 3.77. The van der Waals surface area contributed by atoms with Crippen molar-refractivity contribution in [2.24, 2.45) is 0 Å². The molecule has 0 bridgehead atoms. The van der Waals surface area contributed by atoms with Gasteiger partial charge in [-0.05, 0) is 45.9 Å². The summed E-state index contributed by atoms with van der Waals surface area (Å²) in [6.07, 6.45) is 0. The van der Waals surface area contributed by atoms with Gasteiger partial charge in [0.1, 0.15) is 5.75 Å². The summed E-state index contributed by atoms with van der Waals surface area (Å²) in [5.41, 5.74) is 1.07. The minimum atomic E-state index is 0.904. The van der Waals surface area contributed by atoms with Gasteiger partial charge >= 0.3 is 0 Å². The van der Waals surface area contributed by atoms with Crippen LogP contribution in [-0.4, -0.2) is 12.1 Å². The summed E-state index contributed by atoms with van der Waals surface area (Å²) in [4.78, 5) is 5.72. The molecule has 0 aliphatic heterocycles. The smallest absolute Gasteiger partial charge is 0.162 e. The zero-order chi connectivity index (χ0) is 13.1. The number of hydrogen-bond acceptors (Lipinski definition) is 5. The molecule has 1 aromatic heterocycles. The quantitative estimate of drug-likeness (QED) is 0.625. The number of methoxy groups -OCH3 is 1. The Morgan fingerprint density at radius 2 is 1.79 bits per heavy atom. The lowest BCUT2D eigenvalue weighted by molar-refractivity contribution is 0.405. The van der Waals surface area contributed by atoms with E-state index in [0.29, 0.717) is 0 Å². The maximum atomic E-state index is 5.34. The van der Waals surface area contributed by atoms with E-state index in [9.17, 15) is 0 Å². The molecule has 0 radical (unpaired) electrons. The Kier molecular flexibility index (Phi) is 3.96. The lowest BCUT2D eigenvalue weighted by Crippen LogP contribution is -1.83. The fourth-order valence-corrected chi connectivity index (χ4v) is 5.04. The minimum Gasteiger partial charge on any atom is -0.496 e. The van der Waals surface area contributed by atoms with Crippen LogP contribution in [0.2, 0.25) is 0 Å². The summed E-state index contributed by atoms with van der Waals surface area (Å²) < 4.78 is 7.64. The molecule has 3 rings (SSSR count). The van der Waals surface area contributed by atoms with Gasteiger partial charge in [0, 0.05) is 0 Å². The lowest BCUT2D eigenvalue weighted by Gasteiger charge is -2.05. The summed E-state index contributed by atoms with van der Waals surface area (Å²) in [6, 6.07) is 16.2. The van der Waals surface area contributed by atoms with Gasteiger partial charge in [-0.15, -0.1) is 11.3 Å². The molecule has 96 valence electrons. The van der Waals surface area contributed by atoms with E-state index in [1.54, 1.807) is 40.0 Å². The van der Waals surface area contributed by atoms with E-state index in [4.69, 9.17) is 4.74 Å². The third-order valence-corrected chi connectivity index (χ3v) is 6.29. The second kappa shape index (κ2) is 5.86. The first-order valence-electron chi connectivity index (χ1n) is 5.70. The second-order valence-corrected chi connectivity index (χ2v) is 7.21. The molecule has 0 amide bonds. The van der Waals surface area contributed by atoms with Crippen LogP contribution >= 0.6 is 32.9 Å². The molecule has 0 aliphatic carbocycles. The third kappa shape index (κ3) is 2.88. The summed E-state index contributed by atoms with van der Waals surface area (Å²) in [6.45, 7) is 0. The Bertz CT molecular complexity index is 663. The van der Waals surface area contributed by atoms with Crippen LogP contribution in [0.15, 0.2) is 57.8 Å². The SMILES string of the molecule is COc1ccccc1SSc1nc2ccccc2s1. The molecule has 2 aromatic carbocycles. The monoisotopic (exact) mass is 305 g/mol. The van der Waals surface area contributed by atoms with Crippen LogP contribution in [-0.2, 0) is 0 Å². The summed E-state index contributed by atoms with van der Waals surface area (Å²) in [5.74, 6) is 0.904. The van der Waals surface area contributed by atoms with Gasteiger partial charge in [0.05, 0.1) is 22.2 Å². The fourth-order valence-electron chi connectivity index (χ4n) is 1.65. The summed E-state index contributed by atoms with van der Waals surface area (Å²) in [5, 5.41) is 0. The number of aromatic nitrogens is 1. The number of benzene rings is 2. The molecule has 0 aliphatic rings. The molecule has 1 heterocycles. The topological polar surface area (TPSA) is 22.1 Å². The molecule has 0 N–H and O–H groups in total. The van der Waals surface area contributed by atoms with Crippen LogP contribution in [0.4, 0.5) is 0 Å². The molecule has 0 atom stereocenters. The van der Waals surface area contributed by atoms with Gasteiger partial charge in [-0.2, -0.15) is 0 Å². The van der Waals surface area contributed by atoms with Crippen LogP contribution in [0.1, 0.15) is 0 Å². The van der Waals surface area contributed by atoms with Crippen LogP contribution in [0.3, 0.4) is 0 Å². The molecule has 0 unspecified atom stereocenters. The molecule has 0 saturated heterocycles.